The number of rotatable bonds is 5. The fourth-order valence-electron chi connectivity index (χ4n) is 3.37. The highest BCUT2D eigenvalue weighted by molar-refractivity contribution is 8.26. The SMILES string of the molecule is O=C1/C(=C\c2ccccc2F)SC(=S)N1CC(=O)N1CCCCC1CCO. The van der Waals surface area contributed by atoms with Crippen LogP contribution in [0.5, 0.6) is 0 Å². The third kappa shape index (κ3) is 4.56. The van der Waals surface area contributed by atoms with Crippen molar-refractivity contribution in [2.45, 2.75) is 31.7 Å². The van der Waals surface area contributed by atoms with Crippen LogP contribution in [0, 0.1) is 5.82 Å². The number of nitrogens with zero attached hydrogens (tertiary/aromatic N) is 2. The van der Waals surface area contributed by atoms with Crippen LogP contribution in [0.1, 0.15) is 31.2 Å². The zero-order valence-corrected chi connectivity index (χ0v) is 16.4. The number of piperidine rings is 1. The molecular weight excluding hydrogens is 387 g/mol. The number of carbonyl (C=O) groups is 2. The number of benzene rings is 1. The van der Waals surface area contributed by atoms with E-state index in [1.54, 1.807) is 23.1 Å². The molecule has 27 heavy (non-hydrogen) atoms. The van der Waals surface area contributed by atoms with Crippen LogP contribution < -0.4 is 0 Å². The summed E-state index contributed by atoms with van der Waals surface area (Å²) in [6.07, 6.45) is 4.81. The minimum Gasteiger partial charge on any atom is -0.396 e. The number of halogens is 1. The Bertz CT molecular complexity index is 782. The normalized spacial score (nSPS) is 22.0. The second-order valence-electron chi connectivity index (χ2n) is 6.54. The summed E-state index contributed by atoms with van der Waals surface area (Å²) in [5, 5.41) is 9.22. The van der Waals surface area contributed by atoms with Gasteiger partial charge in [0, 0.05) is 24.8 Å². The molecule has 2 heterocycles. The zero-order chi connectivity index (χ0) is 19.4. The minimum atomic E-state index is -0.418. The molecule has 3 rings (SSSR count). The Morgan fingerprint density at radius 3 is 2.89 bits per heavy atom. The molecule has 1 N–H and O–H groups in total. The Morgan fingerprint density at radius 2 is 2.15 bits per heavy atom. The maximum atomic E-state index is 13.8. The molecule has 0 spiro atoms. The highest BCUT2D eigenvalue weighted by Gasteiger charge is 2.36. The molecule has 144 valence electrons. The summed E-state index contributed by atoms with van der Waals surface area (Å²) in [4.78, 5) is 28.8. The van der Waals surface area contributed by atoms with Gasteiger partial charge in [-0.1, -0.05) is 42.2 Å². The molecule has 0 bridgehead atoms. The zero-order valence-electron chi connectivity index (χ0n) is 14.8. The van der Waals surface area contributed by atoms with E-state index in [1.807, 2.05) is 0 Å². The van der Waals surface area contributed by atoms with Gasteiger partial charge in [-0.15, -0.1) is 0 Å². The van der Waals surface area contributed by atoms with Crippen LogP contribution in [-0.4, -0.2) is 56.8 Å². The predicted molar refractivity (Wildman–Crippen MR) is 107 cm³/mol. The van der Waals surface area contributed by atoms with Gasteiger partial charge >= 0.3 is 0 Å². The van der Waals surface area contributed by atoms with E-state index >= 15 is 0 Å². The van der Waals surface area contributed by atoms with Gasteiger partial charge in [0.2, 0.25) is 5.91 Å². The number of amides is 2. The molecule has 2 fully saturated rings. The number of thioether (sulfide) groups is 1. The van der Waals surface area contributed by atoms with Crippen LogP contribution >= 0.6 is 24.0 Å². The maximum Gasteiger partial charge on any atom is 0.266 e. The van der Waals surface area contributed by atoms with Crippen molar-refractivity contribution < 1.29 is 19.1 Å². The lowest BCUT2D eigenvalue weighted by Crippen LogP contribution is -2.49. The number of hydrogen-bond donors (Lipinski definition) is 1. The van der Waals surface area contributed by atoms with Gasteiger partial charge in [0.15, 0.2) is 0 Å². The highest BCUT2D eigenvalue weighted by Crippen LogP contribution is 2.33. The molecule has 1 aromatic carbocycles. The smallest absolute Gasteiger partial charge is 0.266 e. The molecule has 8 heteroatoms. The van der Waals surface area contributed by atoms with E-state index in [4.69, 9.17) is 12.2 Å². The van der Waals surface area contributed by atoms with Crippen LogP contribution in [0.2, 0.25) is 0 Å². The van der Waals surface area contributed by atoms with Crippen LogP contribution in [0.3, 0.4) is 0 Å². The summed E-state index contributed by atoms with van der Waals surface area (Å²) in [7, 11) is 0. The molecule has 1 aromatic rings. The molecule has 1 unspecified atom stereocenters. The third-order valence-electron chi connectivity index (χ3n) is 4.77. The van der Waals surface area contributed by atoms with E-state index in [0.717, 1.165) is 31.0 Å². The Labute approximate surface area is 167 Å². The van der Waals surface area contributed by atoms with Crippen molar-refractivity contribution in [2.75, 3.05) is 19.7 Å². The first-order chi connectivity index (χ1) is 13.0. The third-order valence-corrected chi connectivity index (χ3v) is 6.15. The molecule has 0 radical (unpaired) electrons. The Balaban J connectivity index is 1.72. The van der Waals surface area contributed by atoms with E-state index in [0.29, 0.717) is 27.8 Å². The van der Waals surface area contributed by atoms with Crippen molar-refractivity contribution in [2.24, 2.45) is 0 Å². The van der Waals surface area contributed by atoms with E-state index in [-0.39, 0.29) is 31.0 Å². The molecule has 0 aliphatic carbocycles. The number of aliphatic hydroxyl groups is 1. The van der Waals surface area contributed by atoms with Gasteiger partial charge in [0.1, 0.15) is 16.7 Å². The van der Waals surface area contributed by atoms with Gasteiger partial charge < -0.3 is 10.0 Å². The van der Waals surface area contributed by atoms with E-state index in [9.17, 15) is 19.1 Å². The van der Waals surface area contributed by atoms with Gasteiger partial charge in [0.25, 0.3) is 5.91 Å². The van der Waals surface area contributed by atoms with Gasteiger partial charge in [-0.3, -0.25) is 14.5 Å². The first-order valence-corrected chi connectivity index (χ1v) is 10.1. The van der Waals surface area contributed by atoms with Crippen molar-refractivity contribution in [1.82, 2.24) is 9.80 Å². The van der Waals surface area contributed by atoms with E-state index < -0.39 is 5.82 Å². The summed E-state index contributed by atoms with van der Waals surface area (Å²) >= 11 is 6.34. The summed E-state index contributed by atoms with van der Waals surface area (Å²) < 4.78 is 14.1. The summed E-state index contributed by atoms with van der Waals surface area (Å²) in [6.45, 7) is 0.533. The van der Waals surface area contributed by atoms with Gasteiger partial charge in [-0.05, 0) is 37.8 Å². The van der Waals surface area contributed by atoms with Crippen molar-refractivity contribution in [1.29, 1.82) is 0 Å². The average Bonchev–Trinajstić information content (AvgIpc) is 2.92. The number of hydrogen-bond acceptors (Lipinski definition) is 5. The second-order valence-corrected chi connectivity index (χ2v) is 8.21. The molecule has 1 atom stereocenters. The molecule has 0 aromatic heterocycles. The monoisotopic (exact) mass is 408 g/mol. The molecule has 5 nitrogen and oxygen atoms in total. The largest absolute Gasteiger partial charge is 0.396 e. The number of likely N-dealkylation sites (tertiary alicyclic amines) is 1. The van der Waals surface area contributed by atoms with Crippen LogP contribution in [-0.2, 0) is 9.59 Å². The van der Waals surface area contributed by atoms with Gasteiger partial charge in [-0.2, -0.15) is 0 Å². The minimum absolute atomic E-state index is 0.00334. The fraction of sp³-hybridized carbons (Fsp3) is 0.421. The Kier molecular flexibility index (Phi) is 6.62. The molecule has 2 amide bonds. The van der Waals surface area contributed by atoms with Crippen molar-refractivity contribution in [3.63, 3.8) is 0 Å². The predicted octanol–water partition coefficient (Wildman–Crippen LogP) is 2.79. The quantitative estimate of drug-likeness (QED) is 0.600. The van der Waals surface area contributed by atoms with E-state index in [2.05, 4.69) is 0 Å². The standard InChI is InChI=1S/C19H21FN2O3S2/c20-15-7-2-1-5-13(15)11-16-18(25)22(19(26)27-16)12-17(24)21-9-4-3-6-14(21)8-10-23/h1-2,5,7,11,14,23H,3-4,6,8-10,12H2/b16-11+. The molecule has 2 aliphatic rings. The van der Waals surface area contributed by atoms with E-state index in [1.165, 1.54) is 17.0 Å². The number of carbonyl (C=O) groups excluding carboxylic acids is 2. The first kappa shape index (κ1) is 20.0. The summed E-state index contributed by atoms with van der Waals surface area (Å²) in [6, 6.07) is 6.19. The molecular formula is C19H21FN2O3S2. The lowest BCUT2D eigenvalue weighted by Gasteiger charge is -2.36. The van der Waals surface area contributed by atoms with Crippen molar-refractivity contribution in [3.8, 4) is 0 Å². The lowest BCUT2D eigenvalue weighted by molar-refractivity contribution is -0.138. The highest BCUT2D eigenvalue weighted by atomic mass is 32.2. The lowest BCUT2D eigenvalue weighted by atomic mass is 9.99. The fourth-order valence-corrected chi connectivity index (χ4v) is 4.62. The average molecular weight is 409 g/mol. The molecule has 0 saturated carbocycles. The second kappa shape index (κ2) is 8.95. The van der Waals surface area contributed by atoms with Crippen LogP contribution in [0.25, 0.3) is 6.08 Å². The van der Waals surface area contributed by atoms with Gasteiger partial charge in [-0.25, -0.2) is 4.39 Å². The van der Waals surface area contributed by atoms with Crippen molar-refractivity contribution >= 4 is 46.2 Å². The van der Waals surface area contributed by atoms with Gasteiger partial charge in [0.05, 0.1) is 4.91 Å². The maximum absolute atomic E-state index is 13.8. The summed E-state index contributed by atoms with van der Waals surface area (Å²) in [5.41, 5.74) is 0.309. The van der Waals surface area contributed by atoms with Crippen LogP contribution in [0.15, 0.2) is 29.2 Å². The molecule has 2 saturated heterocycles. The molecule has 2 aliphatic heterocycles. The van der Waals surface area contributed by atoms with Crippen molar-refractivity contribution in [3.05, 3.63) is 40.6 Å². The topological polar surface area (TPSA) is 60.9 Å². The number of thiocarbonyl (C=S) groups is 1. The van der Waals surface area contributed by atoms with Crippen LogP contribution in [0.4, 0.5) is 4.39 Å². The number of aliphatic hydroxyl groups excluding tert-OH is 1. The Hall–Kier alpha value is -1.77. The summed E-state index contributed by atoms with van der Waals surface area (Å²) in [5.74, 6) is -0.965. The first-order valence-electron chi connectivity index (χ1n) is 8.91. The Morgan fingerprint density at radius 1 is 1.37 bits per heavy atom.